The lowest BCUT2D eigenvalue weighted by atomic mass is 10.1. The average molecular weight is 313 g/mol. The molecule has 0 atom stereocenters. The van der Waals surface area contributed by atoms with Gasteiger partial charge in [-0.3, -0.25) is 0 Å². The molecule has 0 aliphatic heterocycles. The van der Waals surface area contributed by atoms with Gasteiger partial charge in [-0.25, -0.2) is 0 Å². The fraction of sp³-hybridized carbons (Fsp3) is 0.533. The Morgan fingerprint density at radius 1 is 1.35 bits per heavy atom. The number of ether oxygens (including phenoxy) is 1. The minimum atomic E-state index is 0.441. The summed E-state index contributed by atoms with van der Waals surface area (Å²) in [4.78, 5) is 1.55. The van der Waals surface area contributed by atoms with E-state index in [1.807, 2.05) is 24.5 Å². The molecule has 3 nitrogen and oxygen atoms in total. The maximum Gasteiger partial charge on any atom is 0.107 e. The molecule has 0 fully saturated rings. The summed E-state index contributed by atoms with van der Waals surface area (Å²) in [5.41, 5.74) is 7.79. The van der Waals surface area contributed by atoms with Gasteiger partial charge in [0, 0.05) is 35.9 Å². The Balaban J connectivity index is 2.45. The first-order chi connectivity index (χ1) is 9.70. The van der Waals surface area contributed by atoms with Gasteiger partial charge in [0.05, 0.1) is 0 Å². The molecule has 0 spiro atoms. The van der Waals surface area contributed by atoms with Crippen LogP contribution in [-0.4, -0.2) is 31.0 Å². The molecule has 0 saturated carbocycles. The second-order valence-electron chi connectivity index (χ2n) is 4.49. The molecule has 3 N–H and O–H groups in total. The van der Waals surface area contributed by atoms with E-state index in [1.54, 1.807) is 11.8 Å². The number of nitrogens with two attached hydrogens (primary N) is 1. The summed E-state index contributed by atoms with van der Waals surface area (Å²) in [6, 6.07) is 6.08. The van der Waals surface area contributed by atoms with Crippen molar-refractivity contribution in [2.45, 2.75) is 31.1 Å². The number of hydrogen-bond acceptors (Lipinski definition) is 4. The number of hydrogen-bond donors (Lipinski definition) is 2. The normalized spacial score (nSPS) is 10.5. The number of anilines is 1. The van der Waals surface area contributed by atoms with Gasteiger partial charge in [-0.05, 0) is 31.2 Å². The fourth-order valence-corrected chi connectivity index (χ4v) is 2.77. The maximum atomic E-state index is 5.83. The third-order valence-electron chi connectivity index (χ3n) is 2.92. The molecule has 0 saturated heterocycles. The largest absolute Gasteiger partial charge is 0.389 e. The highest BCUT2D eigenvalue weighted by atomic mass is 32.2. The molecule has 0 aromatic heterocycles. The topological polar surface area (TPSA) is 47.3 Å². The third kappa shape index (κ3) is 5.69. The summed E-state index contributed by atoms with van der Waals surface area (Å²) in [6.45, 7) is 4.68. The van der Waals surface area contributed by atoms with Crippen molar-refractivity contribution in [1.29, 1.82) is 0 Å². The van der Waals surface area contributed by atoms with E-state index in [-0.39, 0.29) is 0 Å². The van der Waals surface area contributed by atoms with Crippen LogP contribution in [0.25, 0.3) is 0 Å². The number of benzene rings is 1. The summed E-state index contributed by atoms with van der Waals surface area (Å²) in [5.74, 6) is 0. The molecule has 0 bridgehead atoms. The van der Waals surface area contributed by atoms with Crippen molar-refractivity contribution >= 4 is 34.7 Å². The molecule has 1 rings (SSSR count). The standard InChI is InChI=1S/C15H24N2OS2/c1-3-4-10-18-11-6-9-17-12-7-5-8-13(20-2)14(12)15(16)19/h5,7-8,17H,3-4,6,9-11H2,1-2H3,(H2,16,19). The maximum absolute atomic E-state index is 5.83. The van der Waals surface area contributed by atoms with Crippen LogP contribution in [0, 0.1) is 0 Å². The number of nitrogens with one attached hydrogen (secondary N) is 1. The molecule has 0 aliphatic carbocycles. The Labute approximate surface area is 131 Å². The molecule has 1 aromatic rings. The van der Waals surface area contributed by atoms with Crippen molar-refractivity contribution in [3.63, 3.8) is 0 Å². The van der Waals surface area contributed by atoms with Crippen LogP contribution in [0.2, 0.25) is 0 Å². The number of unbranched alkanes of at least 4 members (excludes halogenated alkanes) is 1. The number of thiocarbonyl (C=S) groups is 1. The minimum absolute atomic E-state index is 0.441. The molecule has 20 heavy (non-hydrogen) atoms. The number of thioether (sulfide) groups is 1. The zero-order chi connectivity index (χ0) is 14.8. The molecule has 0 amide bonds. The van der Waals surface area contributed by atoms with Crippen LogP contribution in [0.5, 0.6) is 0 Å². The van der Waals surface area contributed by atoms with Crippen molar-refractivity contribution < 1.29 is 4.74 Å². The van der Waals surface area contributed by atoms with Gasteiger partial charge in [0.25, 0.3) is 0 Å². The fourth-order valence-electron chi connectivity index (χ4n) is 1.85. The summed E-state index contributed by atoms with van der Waals surface area (Å²) < 4.78 is 5.54. The zero-order valence-electron chi connectivity index (χ0n) is 12.3. The summed E-state index contributed by atoms with van der Waals surface area (Å²) in [7, 11) is 0. The summed E-state index contributed by atoms with van der Waals surface area (Å²) in [6.07, 6.45) is 5.32. The van der Waals surface area contributed by atoms with Crippen LogP contribution in [0.3, 0.4) is 0 Å². The van der Waals surface area contributed by atoms with E-state index in [4.69, 9.17) is 22.7 Å². The Hall–Kier alpha value is -0.780. The Kier molecular flexibility index (Phi) is 8.65. The van der Waals surface area contributed by atoms with E-state index in [0.29, 0.717) is 4.99 Å². The van der Waals surface area contributed by atoms with Crippen molar-refractivity contribution in [1.82, 2.24) is 0 Å². The lowest BCUT2D eigenvalue weighted by molar-refractivity contribution is 0.131. The predicted molar refractivity (Wildman–Crippen MR) is 92.9 cm³/mol. The SMILES string of the molecule is CCCCOCCCNc1cccc(SC)c1C(N)=S. The second kappa shape index (κ2) is 10.0. The first kappa shape index (κ1) is 17.3. The monoisotopic (exact) mass is 312 g/mol. The van der Waals surface area contributed by atoms with Gasteiger partial charge in [0.15, 0.2) is 0 Å². The van der Waals surface area contributed by atoms with Crippen LogP contribution >= 0.6 is 24.0 Å². The predicted octanol–water partition coefficient (Wildman–Crippen LogP) is 3.66. The highest BCUT2D eigenvalue weighted by Gasteiger charge is 2.09. The van der Waals surface area contributed by atoms with Crippen LogP contribution in [0.1, 0.15) is 31.7 Å². The average Bonchev–Trinajstić information content (AvgIpc) is 2.45. The van der Waals surface area contributed by atoms with Crippen molar-refractivity contribution in [3.8, 4) is 0 Å². The van der Waals surface area contributed by atoms with Gasteiger partial charge < -0.3 is 15.8 Å². The van der Waals surface area contributed by atoms with Crippen LogP contribution in [-0.2, 0) is 4.74 Å². The third-order valence-corrected chi connectivity index (χ3v) is 3.90. The minimum Gasteiger partial charge on any atom is -0.389 e. The summed E-state index contributed by atoms with van der Waals surface area (Å²) >= 11 is 6.81. The quantitative estimate of drug-likeness (QED) is 0.392. The Morgan fingerprint density at radius 3 is 2.75 bits per heavy atom. The molecule has 1 aromatic carbocycles. The van der Waals surface area contributed by atoms with E-state index in [2.05, 4.69) is 12.2 Å². The van der Waals surface area contributed by atoms with Gasteiger partial charge in [-0.15, -0.1) is 11.8 Å². The highest BCUT2D eigenvalue weighted by molar-refractivity contribution is 7.98. The van der Waals surface area contributed by atoms with E-state index in [0.717, 1.165) is 48.7 Å². The van der Waals surface area contributed by atoms with Crippen LogP contribution in [0.15, 0.2) is 23.1 Å². The molecule has 0 unspecified atom stereocenters. The molecular formula is C15H24N2OS2. The zero-order valence-corrected chi connectivity index (χ0v) is 13.9. The van der Waals surface area contributed by atoms with Gasteiger partial charge in [-0.2, -0.15) is 0 Å². The summed E-state index contributed by atoms with van der Waals surface area (Å²) in [5, 5.41) is 3.40. The molecule has 0 heterocycles. The van der Waals surface area contributed by atoms with E-state index in [1.165, 1.54) is 6.42 Å². The van der Waals surface area contributed by atoms with Crippen molar-refractivity contribution in [2.75, 3.05) is 31.3 Å². The van der Waals surface area contributed by atoms with Crippen molar-refractivity contribution in [3.05, 3.63) is 23.8 Å². The lowest BCUT2D eigenvalue weighted by Crippen LogP contribution is -2.15. The molecule has 0 aliphatic rings. The van der Waals surface area contributed by atoms with Crippen LogP contribution < -0.4 is 11.1 Å². The van der Waals surface area contributed by atoms with Crippen molar-refractivity contribution in [2.24, 2.45) is 5.73 Å². The number of rotatable bonds is 10. The van der Waals surface area contributed by atoms with E-state index < -0.39 is 0 Å². The lowest BCUT2D eigenvalue weighted by Gasteiger charge is -2.14. The molecule has 112 valence electrons. The van der Waals surface area contributed by atoms with Gasteiger partial charge >= 0.3 is 0 Å². The molecule has 0 radical (unpaired) electrons. The second-order valence-corrected chi connectivity index (χ2v) is 5.78. The first-order valence-corrected chi connectivity index (χ1v) is 8.62. The van der Waals surface area contributed by atoms with Gasteiger partial charge in [0.2, 0.25) is 0 Å². The van der Waals surface area contributed by atoms with Gasteiger partial charge in [-0.1, -0.05) is 31.6 Å². The van der Waals surface area contributed by atoms with E-state index in [9.17, 15) is 0 Å². The molecule has 5 heteroatoms. The smallest absolute Gasteiger partial charge is 0.107 e. The first-order valence-electron chi connectivity index (χ1n) is 6.99. The van der Waals surface area contributed by atoms with Crippen LogP contribution in [0.4, 0.5) is 5.69 Å². The Morgan fingerprint density at radius 2 is 2.10 bits per heavy atom. The highest BCUT2D eigenvalue weighted by Crippen LogP contribution is 2.27. The van der Waals surface area contributed by atoms with E-state index >= 15 is 0 Å². The Bertz CT molecular complexity index is 424. The molecular weight excluding hydrogens is 288 g/mol. The van der Waals surface area contributed by atoms with Gasteiger partial charge in [0.1, 0.15) is 4.99 Å².